The number of ether oxygens (including phenoxy) is 1. The number of terminal acetylenes is 1. The Hall–Kier alpha value is -3.14. The number of anilines is 2. The number of imide groups is 1. The van der Waals surface area contributed by atoms with Gasteiger partial charge in [0, 0.05) is 30.6 Å². The van der Waals surface area contributed by atoms with E-state index in [0.29, 0.717) is 12.8 Å². The maximum Gasteiger partial charge on any atom is 0.272 e. The van der Waals surface area contributed by atoms with Crippen LogP contribution in [-0.4, -0.2) is 29.9 Å². The van der Waals surface area contributed by atoms with E-state index >= 15 is 0 Å². The summed E-state index contributed by atoms with van der Waals surface area (Å²) in [5.41, 5.74) is -0.726. The molecule has 0 aromatic heterocycles. The predicted molar refractivity (Wildman–Crippen MR) is 86.4 cm³/mol. The number of hydrogen-bond donors (Lipinski definition) is 0. The molecule has 3 aliphatic rings. The molecule has 6 nitrogen and oxygen atoms in total. The van der Waals surface area contributed by atoms with Gasteiger partial charge in [0.15, 0.2) is 11.4 Å². The Morgan fingerprint density at radius 2 is 2.00 bits per heavy atom. The van der Waals surface area contributed by atoms with Gasteiger partial charge in [-0.3, -0.25) is 19.3 Å². The fourth-order valence-electron chi connectivity index (χ4n) is 3.10. The topological polar surface area (TPSA) is 66.9 Å². The first-order valence-corrected chi connectivity index (χ1v) is 7.73. The minimum Gasteiger partial charge on any atom is -0.475 e. The quantitative estimate of drug-likeness (QED) is 0.605. The molecule has 1 fully saturated rings. The van der Waals surface area contributed by atoms with Crippen LogP contribution >= 0.6 is 0 Å². The maximum absolute atomic E-state index is 14.6. The normalized spacial score (nSPS) is 20.4. The molecule has 3 amide bonds. The van der Waals surface area contributed by atoms with E-state index in [2.05, 4.69) is 5.92 Å². The zero-order valence-corrected chi connectivity index (χ0v) is 13.3. The number of fused-ring (bicyclic) bond motifs is 1. The second-order valence-electron chi connectivity index (χ2n) is 6.27. The molecule has 126 valence electrons. The second-order valence-corrected chi connectivity index (χ2v) is 6.27. The molecule has 0 N–H and O–H groups in total. The summed E-state index contributed by atoms with van der Waals surface area (Å²) in [4.78, 5) is 38.9. The largest absolute Gasteiger partial charge is 0.475 e. The number of carbonyl (C=O) groups excluding carboxylic acids is 3. The molecule has 2 aliphatic heterocycles. The molecule has 0 bridgehead atoms. The Kier molecular flexibility index (Phi) is 3.03. The highest BCUT2D eigenvalue weighted by Crippen LogP contribution is 2.50. The van der Waals surface area contributed by atoms with Crippen molar-refractivity contribution < 1.29 is 23.5 Å². The average Bonchev–Trinajstić information content (AvgIpc) is 3.28. The number of rotatable bonds is 2. The van der Waals surface area contributed by atoms with E-state index in [1.165, 1.54) is 17.9 Å². The summed E-state index contributed by atoms with van der Waals surface area (Å²) in [6.07, 6.45) is 7.58. The van der Waals surface area contributed by atoms with Gasteiger partial charge in [-0.1, -0.05) is 5.92 Å². The van der Waals surface area contributed by atoms with Gasteiger partial charge < -0.3 is 4.74 Å². The zero-order chi connectivity index (χ0) is 17.9. The van der Waals surface area contributed by atoms with Crippen molar-refractivity contribution in [1.29, 1.82) is 0 Å². The molecule has 7 heteroatoms. The SMILES string of the molecule is C#CCN1C(=O)C2(CC2)Oc2cc(F)c(N3C(=O)C=C(C)C3=O)cc21. The van der Waals surface area contributed by atoms with E-state index in [9.17, 15) is 18.8 Å². The van der Waals surface area contributed by atoms with Crippen molar-refractivity contribution in [3.63, 3.8) is 0 Å². The van der Waals surface area contributed by atoms with Gasteiger partial charge in [0.2, 0.25) is 0 Å². The van der Waals surface area contributed by atoms with E-state index in [0.717, 1.165) is 17.0 Å². The average molecular weight is 340 g/mol. The summed E-state index contributed by atoms with van der Waals surface area (Å²) >= 11 is 0. The van der Waals surface area contributed by atoms with Crippen LogP contribution in [0.1, 0.15) is 19.8 Å². The van der Waals surface area contributed by atoms with Gasteiger partial charge in [-0.25, -0.2) is 9.29 Å². The van der Waals surface area contributed by atoms with Crippen LogP contribution in [0.2, 0.25) is 0 Å². The van der Waals surface area contributed by atoms with Gasteiger partial charge in [-0.05, 0) is 13.0 Å². The van der Waals surface area contributed by atoms with Crippen LogP contribution < -0.4 is 14.5 Å². The highest BCUT2D eigenvalue weighted by molar-refractivity contribution is 6.30. The Balaban J connectivity index is 1.84. The lowest BCUT2D eigenvalue weighted by molar-refractivity contribution is -0.128. The monoisotopic (exact) mass is 340 g/mol. The van der Waals surface area contributed by atoms with Crippen LogP contribution in [0.3, 0.4) is 0 Å². The lowest BCUT2D eigenvalue weighted by Gasteiger charge is -2.34. The highest BCUT2D eigenvalue weighted by Gasteiger charge is 2.58. The van der Waals surface area contributed by atoms with Crippen LogP contribution in [0.25, 0.3) is 0 Å². The van der Waals surface area contributed by atoms with Gasteiger partial charge in [-0.2, -0.15) is 0 Å². The van der Waals surface area contributed by atoms with Crippen molar-refractivity contribution >= 4 is 29.1 Å². The first kappa shape index (κ1) is 15.4. The van der Waals surface area contributed by atoms with Crippen molar-refractivity contribution in [2.45, 2.75) is 25.4 Å². The van der Waals surface area contributed by atoms with Crippen LogP contribution in [0.5, 0.6) is 5.75 Å². The zero-order valence-electron chi connectivity index (χ0n) is 13.3. The molecular formula is C18H13FN2O4. The minimum atomic E-state index is -0.963. The number of amides is 3. The first-order valence-electron chi connectivity index (χ1n) is 7.73. The second kappa shape index (κ2) is 4.93. The summed E-state index contributed by atoms with van der Waals surface area (Å²) in [6.45, 7) is 1.46. The van der Waals surface area contributed by atoms with E-state index in [1.54, 1.807) is 0 Å². The van der Waals surface area contributed by atoms with Gasteiger partial charge in [-0.15, -0.1) is 6.42 Å². The molecule has 0 atom stereocenters. The Morgan fingerprint density at radius 3 is 2.56 bits per heavy atom. The van der Waals surface area contributed by atoms with E-state index in [4.69, 9.17) is 11.2 Å². The summed E-state index contributed by atoms with van der Waals surface area (Å²) in [5.74, 6) is 0.272. The van der Waals surface area contributed by atoms with Crippen molar-refractivity contribution in [2.75, 3.05) is 16.3 Å². The Bertz CT molecular complexity index is 924. The Labute approximate surface area is 142 Å². The number of benzene rings is 1. The molecule has 2 heterocycles. The van der Waals surface area contributed by atoms with E-state index < -0.39 is 23.2 Å². The number of nitrogens with zero attached hydrogens (tertiary/aromatic N) is 2. The summed E-state index contributed by atoms with van der Waals surface area (Å²) in [6, 6.07) is 2.35. The van der Waals surface area contributed by atoms with Crippen LogP contribution in [0, 0.1) is 18.2 Å². The van der Waals surface area contributed by atoms with Crippen LogP contribution in [-0.2, 0) is 14.4 Å². The summed E-state index contributed by atoms with van der Waals surface area (Å²) in [7, 11) is 0. The van der Waals surface area contributed by atoms with Crippen molar-refractivity contribution in [1.82, 2.24) is 0 Å². The lowest BCUT2D eigenvalue weighted by Crippen LogP contribution is -2.48. The summed E-state index contributed by atoms with van der Waals surface area (Å²) < 4.78 is 20.3. The van der Waals surface area contributed by atoms with Gasteiger partial charge >= 0.3 is 0 Å². The molecule has 1 aromatic carbocycles. The van der Waals surface area contributed by atoms with Crippen molar-refractivity contribution in [2.24, 2.45) is 0 Å². The molecule has 0 unspecified atom stereocenters. The van der Waals surface area contributed by atoms with E-state index in [-0.39, 0.29) is 35.1 Å². The fourth-order valence-corrected chi connectivity index (χ4v) is 3.10. The Morgan fingerprint density at radius 1 is 1.28 bits per heavy atom. The number of carbonyl (C=O) groups is 3. The summed E-state index contributed by atoms with van der Waals surface area (Å²) in [5, 5.41) is 0. The van der Waals surface area contributed by atoms with E-state index in [1.807, 2.05) is 0 Å². The third-order valence-electron chi connectivity index (χ3n) is 4.55. The molecular weight excluding hydrogens is 327 g/mol. The van der Waals surface area contributed by atoms with Crippen LogP contribution in [0.4, 0.5) is 15.8 Å². The fraction of sp³-hybridized carbons (Fsp3) is 0.278. The van der Waals surface area contributed by atoms with Crippen molar-refractivity contribution in [3.05, 3.63) is 29.6 Å². The van der Waals surface area contributed by atoms with Gasteiger partial charge in [0.25, 0.3) is 17.7 Å². The minimum absolute atomic E-state index is 0.0127. The maximum atomic E-state index is 14.6. The number of hydrogen-bond acceptors (Lipinski definition) is 4. The molecule has 25 heavy (non-hydrogen) atoms. The first-order chi connectivity index (χ1) is 11.9. The molecule has 1 aliphatic carbocycles. The standard InChI is InChI=1S/C18H13FN2O4/c1-3-6-20-13-9-12(21-15(22)7-10(2)16(21)23)11(19)8-14(13)25-18(4-5-18)17(20)24/h1,7-9H,4-6H2,2H3. The lowest BCUT2D eigenvalue weighted by atomic mass is 10.1. The van der Waals surface area contributed by atoms with Gasteiger partial charge in [0.1, 0.15) is 5.75 Å². The van der Waals surface area contributed by atoms with Gasteiger partial charge in [0.05, 0.1) is 17.9 Å². The highest BCUT2D eigenvalue weighted by atomic mass is 19.1. The molecule has 1 spiro atoms. The number of halogens is 1. The van der Waals surface area contributed by atoms with Crippen LogP contribution in [0.15, 0.2) is 23.8 Å². The predicted octanol–water partition coefficient (Wildman–Crippen LogP) is 1.54. The molecule has 1 aromatic rings. The molecule has 0 radical (unpaired) electrons. The third-order valence-corrected chi connectivity index (χ3v) is 4.55. The van der Waals surface area contributed by atoms with Crippen molar-refractivity contribution in [3.8, 4) is 18.1 Å². The molecule has 4 rings (SSSR count). The smallest absolute Gasteiger partial charge is 0.272 e. The molecule has 0 saturated heterocycles. The molecule has 1 saturated carbocycles. The third kappa shape index (κ3) is 2.07.